The predicted molar refractivity (Wildman–Crippen MR) is 285 cm³/mol. The molecule has 4 heteroatoms. The zero-order valence-corrected chi connectivity index (χ0v) is 43.1. The van der Waals surface area contributed by atoms with Gasteiger partial charge in [-0.15, -0.1) is 0 Å². The average molecular weight is 895 g/mol. The summed E-state index contributed by atoms with van der Waals surface area (Å²) < 4.78 is 0. The summed E-state index contributed by atoms with van der Waals surface area (Å²) in [6.07, 6.45) is 78.1. The summed E-state index contributed by atoms with van der Waals surface area (Å²) in [5, 5.41) is 23.2. The van der Waals surface area contributed by atoms with Gasteiger partial charge in [0.1, 0.15) is 0 Å². The van der Waals surface area contributed by atoms with Gasteiger partial charge in [-0.05, 0) is 57.8 Å². The fourth-order valence-electron chi connectivity index (χ4n) is 8.70. The Bertz CT molecular complexity index is 1060. The third-order valence-corrected chi connectivity index (χ3v) is 13.0. The maximum absolute atomic E-state index is 12.5. The number of amides is 1. The standard InChI is InChI=1S/C60H111NO3/c1-3-5-7-9-11-13-15-17-19-21-23-25-27-29-30-32-33-35-37-39-41-43-45-47-49-51-53-55-59(63)58(57-62)61-60(64)56-54-52-50-48-46-44-42-40-38-36-34-31-28-26-24-22-20-18-16-14-12-10-8-6-4-2/h6,8,12,14,18,20,24,26,53,55,58-59,62-63H,3-5,7,9-11,13,15-17,19,21-23,25,27-52,54,56-57H2,1-2H3,(H,61,64)/b8-6-,14-12-,20-18-,26-24-,55-53+. The molecule has 0 saturated heterocycles. The van der Waals surface area contributed by atoms with Gasteiger partial charge >= 0.3 is 0 Å². The SMILES string of the molecule is CC/C=C\C/C=C\C/C=C\C/C=C\CCCCCCCCCCCCCCC(=O)NC(CO)C(O)/C=C/CCCCCCCCCCCCCCCCCCCCCCCCCCC. The lowest BCUT2D eigenvalue weighted by molar-refractivity contribution is -0.123. The Morgan fingerprint density at radius 2 is 0.688 bits per heavy atom. The summed E-state index contributed by atoms with van der Waals surface area (Å²) in [6, 6.07) is -0.627. The zero-order chi connectivity index (χ0) is 46.3. The lowest BCUT2D eigenvalue weighted by atomic mass is 10.0. The van der Waals surface area contributed by atoms with E-state index in [2.05, 4.69) is 67.8 Å². The molecule has 0 radical (unpaired) electrons. The van der Waals surface area contributed by atoms with Crippen LogP contribution in [0.1, 0.15) is 296 Å². The van der Waals surface area contributed by atoms with Gasteiger partial charge in [-0.25, -0.2) is 0 Å². The van der Waals surface area contributed by atoms with E-state index in [0.29, 0.717) is 6.42 Å². The van der Waals surface area contributed by atoms with Crippen LogP contribution in [0.25, 0.3) is 0 Å². The molecule has 0 aliphatic heterocycles. The lowest BCUT2D eigenvalue weighted by Gasteiger charge is -2.20. The predicted octanol–water partition coefficient (Wildman–Crippen LogP) is 18.8. The first-order chi connectivity index (χ1) is 31.7. The molecule has 0 aliphatic rings. The number of allylic oxidation sites excluding steroid dienone is 9. The van der Waals surface area contributed by atoms with Gasteiger partial charge in [-0.2, -0.15) is 0 Å². The van der Waals surface area contributed by atoms with E-state index < -0.39 is 12.1 Å². The van der Waals surface area contributed by atoms with E-state index in [9.17, 15) is 15.0 Å². The molecule has 2 atom stereocenters. The van der Waals surface area contributed by atoms with Crippen LogP contribution in [-0.2, 0) is 4.79 Å². The van der Waals surface area contributed by atoms with Crippen molar-refractivity contribution in [2.45, 2.75) is 309 Å². The molecule has 0 bridgehead atoms. The van der Waals surface area contributed by atoms with E-state index in [-0.39, 0.29) is 12.5 Å². The van der Waals surface area contributed by atoms with E-state index in [0.717, 1.165) is 51.4 Å². The smallest absolute Gasteiger partial charge is 0.220 e. The molecule has 374 valence electrons. The minimum atomic E-state index is -0.843. The summed E-state index contributed by atoms with van der Waals surface area (Å²) in [5.74, 6) is -0.0646. The maximum Gasteiger partial charge on any atom is 0.220 e. The highest BCUT2D eigenvalue weighted by Crippen LogP contribution is 2.17. The van der Waals surface area contributed by atoms with Gasteiger partial charge in [0.25, 0.3) is 0 Å². The molecule has 0 aromatic heterocycles. The number of carbonyl (C=O) groups excluding carboxylic acids is 1. The minimum absolute atomic E-state index is 0.0646. The van der Waals surface area contributed by atoms with Gasteiger partial charge in [0.2, 0.25) is 5.91 Å². The van der Waals surface area contributed by atoms with Crippen molar-refractivity contribution in [3.05, 3.63) is 60.8 Å². The summed E-state index contributed by atoms with van der Waals surface area (Å²) in [6.45, 7) is 4.22. The Morgan fingerprint density at radius 3 is 1.03 bits per heavy atom. The Hall–Kier alpha value is -1.91. The van der Waals surface area contributed by atoms with Crippen LogP contribution >= 0.6 is 0 Å². The van der Waals surface area contributed by atoms with Crippen LogP contribution in [0.15, 0.2) is 60.8 Å². The van der Waals surface area contributed by atoms with Crippen molar-refractivity contribution in [1.29, 1.82) is 0 Å². The largest absolute Gasteiger partial charge is 0.394 e. The molecule has 2 unspecified atom stereocenters. The molecular weight excluding hydrogens is 783 g/mol. The number of hydrogen-bond acceptors (Lipinski definition) is 3. The Labute approximate surface area is 400 Å². The van der Waals surface area contributed by atoms with Crippen LogP contribution in [0, 0.1) is 0 Å². The fourth-order valence-corrected chi connectivity index (χ4v) is 8.70. The van der Waals surface area contributed by atoms with Crippen LogP contribution in [0.2, 0.25) is 0 Å². The van der Waals surface area contributed by atoms with E-state index in [1.165, 1.54) is 225 Å². The Morgan fingerprint density at radius 1 is 0.391 bits per heavy atom. The topological polar surface area (TPSA) is 69.6 Å². The number of aliphatic hydroxyl groups is 2. The van der Waals surface area contributed by atoms with Gasteiger partial charge in [-0.1, -0.05) is 293 Å². The molecule has 0 aromatic carbocycles. The molecule has 1 amide bonds. The number of hydrogen-bond donors (Lipinski definition) is 3. The van der Waals surface area contributed by atoms with Crippen LogP contribution < -0.4 is 5.32 Å². The molecule has 0 aromatic rings. The van der Waals surface area contributed by atoms with Crippen LogP contribution in [0.5, 0.6) is 0 Å². The second kappa shape index (κ2) is 55.4. The van der Waals surface area contributed by atoms with E-state index in [4.69, 9.17) is 0 Å². The monoisotopic (exact) mass is 894 g/mol. The van der Waals surface area contributed by atoms with E-state index in [1.54, 1.807) is 6.08 Å². The van der Waals surface area contributed by atoms with Crippen LogP contribution in [-0.4, -0.2) is 34.9 Å². The van der Waals surface area contributed by atoms with Crippen molar-refractivity contribution in [3.63, 3.8) is 0 Å². The number of rotatable bonds is 52. The Balaban J connectivity index is 3.50. The first-order valence-corrected chi connectivity index (χ1v) is 28.5. The van der Waals surface area contributed by atoms with Crippen molar-refractivity contribution < 1.29 is 15.0 Å². The van der Waals surface area contributed by atoms with Crippen molar-refractivity contribution in [1.82, 2.24) is 5.32 Å². The molecular formula is C60H111NO3. The lowest BCUT2D eigenvalue weighted by Crippen LogP contribution is -2.45. The fraction of sp³-hybridized carbons (Fsp3) is 0.817. The molecule has 0 heterocycles. The summed E-state index contributed by atoms with van der Waals surface area (Å²) >= 11 is 0. The third-order valence-electron chi connectivity index (χ3n) is 13.0. The van der Waals surface area contributed by atoms with Gasteiger partial charge in [0.15, 0.2) is 0 Å². The van der Waals surface area contributed by atoms with E-state index >= 15 is 0 Å². The molecule has 0 saturated carbocycles. The number of unbranched alkanes of at least 4 members (excludes halogenated alkanes) is 37. The van der Waals surface area contributed by atoms with Gasteiger partial charge in [-0.3, -0.25) is 4.79 Å². The normalized spacial score (nSPS) is 13.2. The second-order valence-corrected chi connectivity index (χ2v) is 19.3. The maximum atomic E-state index is 12.5. The molecule has 3 N–H and O–H groups in total. The van der Waals surface area contributed by atoms with Crippen molar-refractivity contribution >= 4 is 5.91 Å². The van der Waals surface area contributed by atoms with E-state index in [1.807, 2.05) is 6.08 Å². The highest BCUT2D eigenvalue weighted by molar-refractivity contribution is 5.76. The minimum Gasteiger partial charge on any atom is -0.394 e. The zero-order valence-electron chi connectivity index (χ0n) is 43.1. The highest BCUT2D eigenvalue weighted by Gasteiger charge is 2.18. The molecule has 4 nitrogen and oxygen atoms in total. The third kappa shape index (κ3) is 51.1. The molecule has 0 rings (SSSR count). The van der Waals surface area contributed by atoms with Crippen molar-refractivity contribution in [3.8, 4) is 0 Å². The van der Waals surface area contributed by atoms with Crippen LogP contribution in [0.4, 0.5) is 0 Å². The van der Waals surface area contributed by atoms with Gasteiger partial charge in [0, 0.05) is 6.42 Å². The highest BCUT2D eigenvalue weighted by atomic mass is 16.3. The van der Waals surface area contributed by atoms with Gasteiger partial charge in [0.05, 0.1) is 18.8 Å². The van der Waals surface area contributed by atoms with Gasteiger partial charge < -0.3 is 15.5 Å². The summed E-state index contributed by atoms with van der Waals surface area (Å²) in [7, 11) is 0. The first kappa shape index (κ1) is 62.1. The number of nitrogens with one attached hydrogen (secondary N) is 1. The van der Waals surface area contributed by atoms with Crippen molar-refractivity contribution in [2.24, 2.45) is 0 Å². The molecule has 0 fully saturated rings. The second-order valence-electron chi connectivity index (χ2n) is 19.3. The number of aliphatic hydroxyl groups excluding tert-OH is 2. The van der Waals surface area contributed by atoms with Crippen molar-refractivity contribution in [2.75, 3.05) is 6.61 Å². The summed E-state index contributed by atoms with van der Waals surface area (Å²) in [4.78, 5) is 12.5. The molecule has 0 aliphatic carbocycles. The van der Waals surface area contributed by atoms with Crippen LogP contribution in [0.3, 0.4) is 0 Å². The molecule has 0 spiro atoms. The number of carbonyl (C=O) groups is 1. The summed E-state index contributed by atoms with van der Waals surface area (Å²) in [5.41, 5.74) is 0. The molecule has 64 heavy (non-hydrogen) atoms. The Kier molecular flexibility index (Phi) is 53.8. The quantitative estimate of drug-likeness (QED) is 0.0421. The average Bonchev–Trinajstić information content (AvgIpc) is 3.30. The first-order valence-electron chi connectivity index (χ1n) is 28.5.